The minimum atomic E-state index is 0.0635. The van der Waals surface area contributed by atoms with Gasteiger partial charge in [-0.25, -0.2) is 0 Å². The number of rotatable bonds is 7. The minimum Gasteiger partial charge on any atom is -0.374 e. The van der Waals surface area contributed by atoms with Crippen LogP contribution in [0.4, 0.5) is 0 Å². The molecule has 1 rings (SSSR count). The quantitative estimate of drug-likeness (QED) is 0.712. The smallest absolute Gasteiger partial charge is 0.188 e. The number of ketones is 1. The standard InChI is InChI=1S/C13H19NO2/c1-3-16-10-13(15)12-7-5-4-6-11(12)8-9-14-2/h4-7,14H,3,8-10H2,1-2H3. The van der Waals surface area contributed by atoms with Crippen LogP contribution < -0.4 is 5.32 Å². The van der Waals surface area contributed by atoms with Gasteiger partial charge in [0.05, 0.1) is 0 Å². The molecule has 0 heterocycles. The van der Waals surface area contributed by atoms with Crippen molar-refractivity contribution < 1.29 is 9.53 Å². The number of ether oxygens (including phenoxy) is 1. The lowest BCUT2D eigenvalue weighted by molar-refractivity contribution is 0.0782. The Morgan fingerprint density at radius 2 is 2.12 bits per heavy atom. The normalized spacial score (nSPS) is 10.4. The number of nitrogens with one attached hydrogen (secondary N) is 1. The molecule has 1 N–H and O–H groups in total. The van der Waals surface area contributed by atoms with Gasteiger partial charge in [0, 0.05) is 12.2 Å². The lowest BCUT2D eigenvalue weighted by atomic mass is 10.0. The molecule has 0 aliphatic heterocycles. The first-order chi connectivity index (χ1) is 7.79. The second-order valence-electron chi connectivity index (χ2n) is 3.57. The molecule has 3 nitrogen and oxygen atoms in total. The van der Waals surface area contributed by atoms with Crippen molar-refractivity contribution in [3.63, 3.8) is 0 Å². The van der Waals surface area contributed by atoms with Gasteiger partial charge in [0.2, 0.25) is 0 Å². The summed E-state index contributed by atoms with van der Waals surface area (Å²) >= 11 is 0. The highest BCUT2D eigenvalue weighted by Gasteiger charge is 2.09. The van der Waals surface area contributed by atoms with Crippen LogP contribution in [-0.4, -0.2) is 32.6 Å². The van der Waals surface area contributed by atoms with Crippen LogP contribution in [0.3, 0.4) is 0 Å². The molecule has 0 spiro atoms. The van der Waals surface area contributed by atoms with Crippen molar-refractivity contribution in [2.24, 2.45) is 0 Å². The first-order valence-electron chi connectivity index (χ1n) is 5.63. The van der Waals surface area contributed by atoms with Crippen molar-refractivity contribution in [3.8, 4) is 0 Å². The third-order valence-electron chi connectivity index (χ3n) is 2.40. The highest BCUT2D eigenvalue weighted by atomic mass is 16.5. The van der Waals surface area contributed by atoms with Gasteiger partial charge in [-0.1, -0.05) is 24.3 Å². The summed E-state index contributed by atoms with van der Waals surface area (Å²) in [6, 6.07) is 7.72. The van der Waals surface area contributed by atoms with Crippen LogP contribution in [0.5, 0.6) is 0 Å². The predicted molar refractivity (Wildman–Crippen MR) is 64.9 cm³/mol. The van der Waals surface area contributed by atoms with E-state index in [4.69, 9.17) is 4.74 Å². The topological polar surface area (TPSA) is 38.3 Å². The summed E-state index contributed by atoms with van der Waals surface area (Å²) in [4.78, 5) is 11.8. The van der Waals surface area contributed by atoms with Crippen molar-refractivity contribution in [2.75, 3.05) is 26.8 Å². The molecule has 1 aromatic rings. The largest absolute Gasteiger partial charge is 0.374 e. The van der Waals surface area contributed by atoms with E-state index in [1.54, 1.807) is 0 Å². The molecule has 0 aliphatic carbocycles. The molecule has 16 heavy (non-hydrogen) atoms. The van der Waals surface area contributed by atoms with Crippen molar-refractivity contribution in [1.29, 1.82) is 0 Å². The maximum Gasteiger partial charge on any atom is 0.188 e. The summed E-state index contributed by atoms with van der Waals surface area (Å²) in [6.45, 7) is 3.51. The average molecular weight is 221 g/mol. The molecule has 0 aliphatic rings. The van der Waals surface area contributed by atoms with Gasteiger partial charge in [-0.3, -0.25) is 4.79 Å². The number of hydrogen-bond donors (Lipinski definition) is 1. The Hall–Kier alpha value is -1.19. The number of carbonyl (C=O) groups excluding carboxylic acids is 1. The molecule has 1 aromatic carbocycles. The summed E-state index contributed by atoms with van der Waals surface area (Å²) in [7, 11) is 1.91. The van der Waals surface area contributed by atoms with E-state index >= 15 is 0 Å². The minimum absolute atomic E-state index is 0.0635. The van der Waals surface area contributed by atoms with Crippen LogP contribution in [0.2, 0.25) is 0 Å². The molecule has 0 saturated carbocycles. The molecule has 88 valence electrons. The Bertz CT molecular complexity index is 336. The monoisotopic (exact) mass is 221 g/mol. The Labute approximate surface area is 96.8 Å². The van der Waals surface area contributed by atoms with Gasteiger partial charge in [-0.05, 0) is 32.5 Å². The Morgan fingerprint density at radius 1 is 1.38 bits per heavy atom. The molecule has 0 bridgehead atoms. The van der Waals surface area contributed by atoms with Gasteiger partial charge in [-0.2, -0.15) is 0 Å². The van der Waals surface area contributed by atoms with Crippen molar-refractivity contribution >= 4 is 5.78 Å². The van der Waals surface area contributed by atoms with Crippen LogP contribution in [0.1, 0.15) is 22.8 Å². The fourth-order valence-electron chi connectivity index (χ4n) is 1.54. The molecule has 0 fully saturated rings. The molecular formula is C13H19NO2. The molecule has 0 unspecified atom stereocenters. The first-order valence-corrected chi connectivity index (χ1v) is 5.63. The number of benzene rings is 1. The van der Waals surface area contributed by atoms with Gasteiger partial charge in [0.15, 0.2) is 5.78 Å². The molecular weight excluding hydrogens is 202 g/mol. The van der Waals surface area contributed by atoms with Gasteiger partial charge >= 0.3 is 0 Å². The van der Waals surface area contributed by atoms with E-state index in [1.165, 1.54) is 0 Å². The summed E-state index contributed by atoms with van der Waals surface area (Å²) in [5.74, 6) is 0.0635. The fourth-order valence-corrected chi connectivity index (χ4v) is 1.54. The second kappa shape index (κ2) is 7.14. The molecule has 3 heteroatoms. The third-order valence-corrected chi connectivity index (χ3v) is 2.40. The number of hydrogen-bond acceptors (Lipinski definition) is 3. The van der Waals surface area contributed by atoms with Gasteiger partial charge < -0.3 is 10.1 Å². The summed E-state index contributed by atoms with van der Waals surface area (Å²) in [6.07, 6.45) is 0.866. The van der Waals surface area contributed by atoms with Crippen molar-refractivity contribution in [2.45, 2.75) is 13.3 Å². The Balaban J connectivity index is 2.73. The van der Waals surface area contributed by atoms with Gasteiger partial charge in [0.25, 0.3) is 0 Å². The summed E-state index contributed by atoms with van der Waals surface area (Å²) in [5.41, 5.74) is 1.87. The van der Waals surface area contributed by atoms with Crippen LogP contribution in [0.25, 0.3) is 0 Å². The van der Waals surface area contributed by atoms with E-state index in [1.807, 2.05) is 38.2 Å². The lowest BCUT2D eigenvalue weighted by Gasteiger charge is -2.08. The van der Waals surface area contributed by atoms with Crippen LogP contribution >= 0.6 is 0 Å². The highest BCUT2D eigenvalue weighted by Crippen LogP contribution is 2.10. The average Bonchev–Trinajstić information content (AvgIpc) is 2.33. The molecule has 0 aromatic heterocycles. The second-order valence-corrected chi connectivity index (χ2v) is 3.57. The molecule has 0 atom stereocenters. The number of Topliss-reactive ketones (excluding diaryl/α,β-unsaturated/α-hetero) is 1. The van der Waals surface area contributed by atoms with E-state index in [2.05, 4.69) is 5.32 Å². The van der Waals surface area contributed by atoms with E-state index in [-0.39, 0.29) is 12.4 Å². The Kier molecular flexibility index (Phi) is 5.75. The van der Waals surface area contributed by atoms with Gasteiger partial charge in [0.1, 0.15) is 6.61 Å². The van der Waals surface area contributed by atoms with Crippen molar-refractivity contribution in [1.82, 2.24) is 5.32 Å². The zero-order chi connectivity index (χ0) is 11.8. The highest BCUT2D eigenvalue weighted by molar-refractivity contribution is 5.98. The lowest BCUT2D eigenvalue weighted by Crippen LogP contribution is -2.15. The van der Waals surface area contributed by atoms with E-state index < -0.39 is 0 Å². The maximum atomic E-state index is 11.8. The zero-order valence-corrected chi connectivity index (χ0v) is 9.95. The van der Waals surface area contributed by atoms with Gasteiger partial charge in [-0.15, -0.1) is 0 Å². The fraction of sp³-hybridized carbons (Fsp3) is 0.462. The number of carbonyl (C=O) groups is 1. The number of likely N-dealkylation sites (N-methyl/N-ethyl adjacent to an activating group) is 1. The third kappa shape index (κ3) is 3.76. The first kappa shape index (κ1) is 12.9. The molecule has 0 amide bonds. The summed E-state index contributed by atoms with van der Waals surface area (Å²) in [5, 5.41) is 3.08. The molecule has 0 radical (unpaired) electrons. The predicted octanol–water partition coefficient (Wildman–Crippen LogP) is 1.67. The van der Waals surface area contributed by atoms with Crippen molar-refractivity contribution in [3.05, 3.63) is 35.4 Å². The SMILES string of the molecule is CCOCC(=O)c1ccccc1CCNC. The molecule has 0 saturated heterocycles. The van der Waals surface area contributed by atoms with Crippen LogP contribution in [0, 0.1) is 0 Å². The zero-order valence-electron chi connectivity index (χ0n) is 9.95. The Morgan fingerprint density at radius 3 is 2.81 bits per heavy atom. The van der Waals surface area contributed by atoms with Crippen LogP contribution in [-0.2, 0) is 11.2 Å². The van der Waals surface area contributed by atoms with Crippen LogP contribution in [0.15, 0.2) is 24.3 Å². The maximum absolute atomic E-state index is 11.8. The van der Waals surface area contributed by atoms with E-state index in [0.717, 1.165) is 24.1 Å². The van der Waals surface area contributed by atoms with E-state index in [9.17, 15) is 4.79 Å². The van der Waals surface area contributed by atoms with E-state index in [0.29, 0.717) is 6.61 Å². The summed E-state index contributed by atoms with van der Waals surface area (Å²) < 4.78 is 5.14.